The molecule has 0 unspecified atom stereocenters. The lowest BCUT2D eigenvalue weighted by Crippen LogP contribution is -2.19. The highest BCUT2D eigenvalue weighted by Gasteiger charge is 2.14. The molecule has 0 saturated carbocycles. The van der Waals surface area contributed by atoms with Crippen LogP contribution in [0.4, 0.5) is 0 Å². The molecule has 0 amide bonds. The molecule has 0 aliphatic rings. The average molecular weight is 279 g/mol. The van der Waals surface area contributed by atoms with Crippen LogP contribution in [0.1, 0.15) is 25.6 Å². The van der Waals surface area contributed by atoms with Crippen molar-refractivity contribution in [3.05, 3.63) is 28.4 Å². The number of amidine groups is 1. The van der Waals surface area contributed by atoms with E-state index in [1.165, 1.54) is 10.8 Å². The van der Waals surface area contributed by atoms with E-state index in [2.05, 4.69) is 20.2 Å². The standard InChI is InChI=1S/C10H13N7OS/c1-5(2)17-9(18)15-16-10(17)19-8-13-4-3-6(14-8)7(11)12/h3-5H,1-2H3,(H3,11,12)(H,15,18). The van der Waals surface area contributed by atoms with Crippen molar-refractivity contribution < 1.29 is 0 Å². The Bertz CT molecular complexity index is 660. The Morgan fingerprint density at radius 2 is 2.32 bits per heavy atom. The Labute approximate surface area is 113 Å². The van der Waals surface area contributed by atoms with E-state index in [0.717, 1.165) is 11.8 Å². The van der Waals surface area contributed by atoms with Gasteiger partial charge in [-0.25, -0.2) is 19.9 Å². The third kappa shape index (κ3) is 2.81. The zero-order valence-corrected chi connectivity index (χ0v) is 11.2. The second-order valence-electron chi connectivity index (χ2n) is 4.02. The average Bonchev–Trinajstić information content (AvgIpc) is 2.70. The maximum absolute atomic E-state index is 11.6. The fraction of sp³-hybridized carbons (Fsp3) is 0.300. The molecular formula is C10H13N7OS. The van der Waals surface area contributed by atoms with Crippen LogP contribution in [0.5, 0.6) is 0 Å². The van der Waals surface area contributed by atoms with Gasteiger partial charge in [-0.3, -0.25) is 9.98 Å². The molecule has 4 N–H and O–H groups in total. The van der Waals surface area contributed by atoms with Gasteiger partial charge in [0.05, 0.1) is 0 Å². The van der Waals surface area contributed by atoms with Crippen molar-refractivity contribution in [1.29, 1.82) is 5.41 Å². The van der Waals surface area contributed by atoms with Crippen LogP contribution in [0.2, 0.25) is 0 Å². The number of aromatic nitrogens is 5. The fourth-order valence-corrected chi connectivity index (χ4v) is 2.34. The molecule has 0 spiro atoms. The highest BCUT2D eigenvalue weighted by molar-refractivity contribution is 7.99. The number of hydrogen-bond donors (Lipinski definition) is 3. The Morgan fingerprint density at radius 1 is 1.58 bits per heavy atom. The number of hydrogen-bond acceptors (Lipinski definition) is 6. The zero-order chi connectivity index (χ0) is 14.0. The zero-order valence-electron chi connectivity index (χ0n) is 10.4. The summed E-state index contributed by atoms with van der Waals surface area (Å²) in [5, 5.41) is 14.5. The summed E-state index contributed by atoms with van der Waals surface area (Å²) < 4.78 is 1.51. The lowest BCUT2D eigenvalue weighted by molar-refractivity contribution is 0.533. The number of nitrogens with zero attached hydrogens (tertiary/aromatic N) is 4. The molecule has 0 atom stereocenters. The van der Waals surface area contributed by atoms with Gasteiger partial charge < -0.3 is 5.73 Å². The lowest BCUT2D eigenvalue weighted by Gasteiger charge is -2.07. The SMILES string of the molecule is CC(C)n1c(Sc2nccc(C(=N)N)n2)n[nH]c1=O. The van der Waals surface area contributed by atoms with Gasteiger partial charge in [0, 0.05) is 12.2 Å². The van der Waals surface area contributed by atoms with E-state index in [0.29, 0.717) is 16.0 Å². The summed E-state index contributed by atoms with van der Waals surface area (Å²) in [6.45, 7) is 3.77. The van der Waals surface area contributed by atoms with Crippen molar-refractivity contribution in [2.24, 2.45) is 5.73 Å². The van der Waals surface area contributed by atoms with Crippen LogP contribution in [-0.2, 0) is 0 Å². The van der Waals surface area contributed by atoms with E-state index < -0.39 is 0 Å². The van der Waals surface area contributed by atoms with Gasteiger partial charge in [-0.2, -0.15) is 0 Å². The number of nitrogens with one attached hydrogen (secondary N) is 2. The predicted molar refractivity (Wildman–Crippen MR) is 70.4 cm³/mol. The van der Waals surface area contributed by atoms with Crippen molar-refractivity contribution in [2.75, 3.05) is 0 Å². The smallest absolute Gasteiger partial charge is 0.344 e. The lowest BCUT2D eigenvalue weighted by atomic mass is 10.4. The minimum atomic E-state index is -0.278. The van der Waals surface area contributed by atoms with Gasteiger partial charge in [0.2, 0.25) is 0 Å². The van der Waals surface area contributed by atoms with Crippen LogP contribution in [0.3, 0.4) is 0 Å². The molecule has 2 rings (SSSR count). The van der Waals surface area contributed by atoms with E-state index in [1.807, 2.05) is 13.8 Å². The first-order valence-corrected chi connectivity index (χ1v) is 6.33. The van der Waals surface area contributed by atoms with Crippen molar-refractivity contribution in [2.45, 2.75) is 30.2 Å². The molecule has 19 heavy (non-hydrogen) atoms. The van der Waals surface area contributed by atoms with Crippen molar-refractivity contribution >= 4 is 17.6 Å². The minimum absolute atomic E-state index is 0.0234. The molecule has 8 nitrogen and oxygen atoms in total. The van der Waals surface area contributed by atoms with Gasteiger partial charge in [0.25, 0.3) is 0 Å². The summed E-state index contributed by atoms with van der Waals surface area (Å²) in [5.74, 6) is -0.132. The maximum Gasteiger partial charge on any atom is 0.344 e. The van der Waals surface area contributed by atoms with Crippen LogP contribution in [0.15, 0.2) is 27.4 Å². The molecule has 0 saturated heterocycles. The number of aromatic amines is 1. The molecule has 0 aliphatic carbocycles. The monoisotopic (exact) mass is 279 g/mol. The number of H-pyrrole nitrogens is 1. The van der Waals surface area contributed by atoms with Crippen LogP contribution in [0, 0.1) is 5.41 Å². The Hall–Kier alpha value is -2.16. The minimum Gasteiger partial charge on any atom is -0.382 e. The summed E-state index contributed by atoms with van der Waals surface area (Å²) >= 11 is 1.14. The Kier molecular flexibility index (Phi) is 3.65. The summed E-state index contributed by atoms with van der Waals surface area (Å²) in [7, 11) is 0. The molecule has 0 radical (unpaired) electrons. The topological polar surface area (TPSA) is 126 Å². The number of rotatable bonds is 4. The second kappa shape index (κ2) is 5.22. The van der Waals surface area contributed by atoms with Gasteiger partial charge in [-0.1, -0.05) is 0 Å². The van der Waals surface area contributed by atoms with Crippen LogP contribution >= 0.6 is 11.8 Å². The summed E-state index contributed by atoms with van der Waals surface area (Å²) in [5.41, 5.74) is 5.43. The molecule has 0 aromatic carbocycles. The van der Waals surface area contributed by atoms with Gasteiger partial charge in [0.1, 0.15) is 11.5 Å². The molecule has 2 heterocycles. The van der Waals surface area contributed by atoms with E-state index in [9.17, 15) is 4.79 Å². The van der Waals surface area contributed by atoms with E-state index >= 15 is 0 Å². The predicted octanol–water partition coefficient (Wildman–Crippen LogP) is 0.378. The third-order valence-corrected chi connectivity index (χ3v) is 3.13. The van der Waals surface area contributed by atoms with Gasteiger partial charge in [0.15, 0.2) is 10.3 Å². The molecule has 2 aromatic heterocycles. The molecule has 9 heteroatoms. The van der Waals surface area contributed by atoms with Crippen LogP contribution < -0.4 is 11.4 Å². The summed E-state index contributed by atoms with van der Waals surface area (Å²) in [4.78, 5) is 19.8. The Morgan fingerprint density at radius 3 is 2.95 bits per heavy atom. The van der Waals surface area contributed by atoms with Crippen LogP contribution in [-0.4, -0.2) is 30.6 Å². The maximum atomic E-state index is 11.6. The molecule has 0 fully saturated rings. The normalized spacial score (nSPS) is 10.9. The summed E-state index contributed by atoms with van der Waals surface area (Å²) in [6, 6.07) is 1.52. The van der Waals surface area contributed by atoms with E-state index in [1.54, 1.807) is 6.07 Å². The molecule has 0 bridgehead atoms. The van der Waals surface area contributed by atoms with Crippen LogP contribution in [0.25, 0.3) is 0 Å². The van der Waals surface area contributed by atoms with Crippen molar-refractivity contribution in [3.63, 3.8) is 0 Å². The first-order valence-electron chi connectivity index (χ1n) is 5.51. The highest BCUT2D eigenvalue weighted by Crippen LogP contribution is 2.22. The number of nitrogen functional groups attached to an aromatic ring is 1. The fourth-order valence-electron chi connectivity index (χ4n) is 1.44. The Balaban J connectivity index is 2.34. The molecule has 100 valence electrons. The highest BCUT2D eigenvalue weighted by atomic mass is 32.2. The van der Waals surface area contributed by atoms with Crippen molar-refractivity contribution in [1.82, 2.24) is 24.7 Å². The van der Waals surface area contributed by atoms with Gasteiger partial charge in [-0.05, 0) is 31.7 Å². The quantitative estimate of drug-likeness (QED) is 0.422. The number of nitrogens with two attached hydrogens (primary N) is 1. The second-order valence-corrected chi connectivity index (χ2v) is 4.95. The first kappa shape index (κ1) is 13.3. The first-order chi connectivity index (χ1) is 8.99. The molecular weight excluding hydrogens is 266 g/mol. The molecule has 0 aliphatic heterocycles. The van der Waals surface area contributed by atoms with E-state index in [4.69, 9.17) is 11.1 Å². The van der Waals surface area contributed by atoms with Crippen molar-refractivity contribution in [3.8, 4) is 0 Å². The van der Waals surface area contributed by atoms with E-state index in [-0.39, 0.29) is 17.6 Å². The summed E-state index contributed by atoms with van der Waals surface area (Å²) in [6.07, 6.45) is 1.51. The largest absolute Gasteiger partial charge is 0.382 e. The van der Waals surface area contributed by atoms with Gasteiger partial charge >= 0.3 is 5.69 Å². The van der Waals surface area contributed by atoms with Gasteiger partial charge in [-0.15, -0.1) is 5.10 Å². The molecule has 2 aromatic rings. The third-order valence-electron chi connectivity index (χ3n) is 2.28.